The summed E-state index contributed by atoms with van der Waals surface area (Å²) >= 11 is 3.14. The van der Waals surface area contributed by atoms with Crippen molar-refractivity contribution >= 4 is 21.6 Å². The van der Waals surface area contributed by atoms with Gasteiger partial charge in [-0.3, -0.25) is 0 Å². The summed E-state index contributed by atoms with van der Waals surface area (Å²) in [5, 5.41) is 3.51. The molecule has 0 spiro atoms. The molecule has 21 heavy (non-hydrogen) atoms. The zero-order chi connectivity index (χ0) is 15.8. The summed E-state index contributed by atoms with van der Waals surface area (Å²) in [6, 6.07) is 2.97. The molecule has 1 aromatic carbocycles. The molecule has 0 amide bonds. The van der Waals surface area contributed by atoms with Gasteiger partial charge >= 0.3 is 0 Å². The van der Waals surface area contributed by atoms with Gasteiger partial charge in [0.1, 0.15) is 5.69 Å². The Morgan fingerprint density at radius 1 is 1.29 bits per heavy atom. The summed E-state index contributed by atoms with van der Waals surface area (Å²) in [6.45, 7) is 9.83. The van der Waals surface area contributed by atoms with Crippen molar-refractivity contribution < 1.29 is 8.78 Å². The Morgan fingerprint density at radius 3 is 2.33 bits per heavy atom. The number of hydrogen-bond acceptors (Lipinski definition) is 2. The van der Waals surface area contributed by atoms with Gasteiger partial charge < -0.3 is 10.2 Å². The Kier molecular flexibility index (Phi) is 4.93. The van der Waals surface area contributed by atoms with Crippen LogP contribution < -0.4 is 10.2 Å². The maximum Gasteiger partial charge on any atom is 0.150 e. The predicted molar refractivity (Wildman–Crippen MR) is 86.7 cm³/mol. The van der Waals surface area contributed by atoms with Crippen LogP contribution in [0.5, 0.6) is 0 Å². The molecule has 1 aliphatic heterocycles. The largest absolute Gasteiger partial charge is 0.361 e. The van der Waals surface area contributed by atoms with Gasteiger partial charge in [0.15, 0.2) is 11.6 Å². The number of nitrogens with zero attached hydrogens (tertiary/aromatic N) is 1. The second-order valence-corrected chi connectivity index (χ2v) is 7.68. The fraction of sp³-hybridized carbons (Fsp3) is 0.625. The normalized spacial score (nSPS) is 23.5. The fourth-order valence-corrected chi connectivity index (χ4v) is 3.23. The molecule has 2 atom stereocenters. The molecule has 1 N–H and O–H groups in total. The van der Waals surface area contributed by atoms with Gasteiger partial charge in [0.2, 0.25) is 0 Å². The molecule has 0 radical (unpaired) electrons. The monoisotopic (exact) mass is 360 g/mol. The van der Waals surface area contributed by atoms with Crippen LogP contribution in [-0.2, 0) is 0 Å². The molecule has 1 heterocycles. The van der Waals surface area contributed by atoms with Crippen molar-refractivity contribution in [1.82, 2.24) is 5.32 Å². The highest BCUT2D eigenvalue weighted by molar-refractivity contribution is 9.10. The van der Waals surface area contributed by atoms with Gasteiger partial charge in [0.05, 0.1) is 0 Å². The number of nitrogens with one attached hydrogen (secondary N) is 1. The zero-order valence-corrected chi connectivity index (χ0v) is 14.6. The second kappa shape index (κ2) is 6.21. The molecule has 2 rings (SSSR count). The fourth-order valence-electron chi connectivity index (χ4n) is 2.83. The van der Waals surface area contributed by atoms with E-state index < -0.39 is 11.6 Å². The molecule has 118 valence electrons. The van der Waals surface area contributed by atoms with Crippen LogP contribution in [-0.4, -0.2) is 25.2 Å². The number of rotatable bonds is 2. The molecular weight excluding hydrogens is 338 g/mol. The summed E-state index contributed by atoms with van der Waals surface area (Å²) in [5.74, 6) is -1.01. The van der Waals surface area contributed by atoms with Gasteiger partial charge in [-0.15, -0.1) is 0 Å². The van der Waals surface area contributed by atoms with E-state index in [0.717, 1.165) is 13.0 Å². The number of benzene rings is 1. The first-order chi connectivity index (χ1) is 9.74. The highest BCUT2D eigenvalue weighted by atomic mass is 79.9. The summed E-state index contributed by atoms with van der Waals surface area (Å²) in [4.78, 5) is 1.89. The molecule has 0 bridgehead atoms. The lowest BCUT2D eigenvalue weighted by atomic mass is 9.84. The van der Waals surface area contributed by atoms with Crippen molar-refractivity contribution in [2.75, 3.05) is 18.0 Å². The standard InChI is InChI=1S/C16H23BrF2N2/c1-5-11-8-20-14(16(2,3)4)9-21(11)15-12(18)6-10(17)7-13(15)19/h6-7,11,14,20H,5,8-9H2,1-4H3. The summed E-state index contributed by atoms with van der Waals surface area (Å²) in [5.41, 5.74) is 0.139. The first-order valence-corrected chi connectivity index (χ1v) is 8.18. The van der Waals surface area contributed by atoms with Crippen molar-refractivity contribution in [3.63, 3.8) is 0 Å². The molecule has 1 fully saturated rings. The van der Waals surface area contributed by atoms with Gasteiger partial charge in [-0.1, -0.05) is 43.6 Å². The molecule has 0 aromatic heterocycles. The molecule has 2 nitrogen and oxygen atoms in total. The maximum atomic E-state index is 14.3. The van der Waals surface area contributed by atoms with E-state index in [4.69, 9.17) is 0 Å². The van der Waals surface area contributed by atoms with Crippen LogP contribution in [0.4, 0.5) is 14.5 Å². The van der Waals surface area contributed by atoms with Gasteiger partial charge in [-0.05, 0) is 24.0 Å². The smallest absolute Gasteiger partial charge is 0.150 e. The lowest BCUT2D eigenvalue weighted by molar-refractivity contribution is 0.232. The number of piperazine rings is 1. The Hall–Kier alpha value is -0.680. The summed E-state index contributed by atoms with van der Waals surface area (Å²) in [6.07, 6.45) is 0.846. The van der Waals surface area contributed by atoms with Crippen LogP contribution >= 0.6 is 15.9 Å². The van der Waals surface area contributed by atoms with Crippen molar-refractivity contribution in [2.45, 2.75) is 46.2 Å². The molecule has 0 aliphatic carbocycles. The van der Waals surface area contributed by atoms with Crippen LogP contribution in [0.3, 0.4) is 0 Å². The molecule has 5 heteroatoms. The van der Waals surface area contributed by atoms with E-state index in [1.165, 1.54) is 12.1 Å². The van der Waals surface area contributed by atoms with Gasteiger partial charge in [0, 0.05) is 29.6 Å². The summed E-state index contributed by atoms with van der Waals surface area (Å²) < 4.78 is 29.0. The van der Waals surface area contributed by atoms with E-state index in [1.54, 1.807) is 0 Å². The van der Waals surface area contributed by atoms with E-state index in [-0.39, 0.29) is 23.2 Å². The Balaban J connectivity index is 2.38. The molecule has 1 saturated heterocycles. The Labute approximate surface area is 134 Å². The average Bonchev–Trinajstić information content (AvgIpc) is 2.36. The van der Waals surface area contributed by atoms with E-state index in [2.05, 4.69) is 42.0 Å². The molecule has 0 saturated carbocycles. The number of anilines is 1. The van der Waals surface area contributed by atoms with E-state index >= 15 is 0 Å². The minimum atomic E-state index is -0.505. The predicted octanol–water partition coefficient (Wildman–Crippen LogP) is 4.33. The number of halogens is 3. The third-order valence-corrected chi connectivity index (χ3v) is 4.66. The number of hydrogen-bond donors (Lipinski definition) is 1. The SMILES string of the molecule is CCC1CNC(C(C)(C)C)CN1c1c(F)cc(Br)cc1F. The minimum absolute atomic E-state index is 0.0409. The van der Waals surface area contributed by atoms with Crippen LogP contribution in [0.25, 0.3) is 0 Å². The van der Waals surface area contributed by atoms with Crippen LogP contribution in [0.15, 0.2) is 16.6 Å². The average molecular weight is 361 g/mol. The first kappa shape index (κ1) is 16.7. The topological polar surface area (TPSA) is 15.3 Å². The molecule has 2 unspecified atom stereocenters. The Bertz CT molecular complexity index is 490. The second-order valence-electron chi connectivity index (χ2n) is 6.76. The lowest BCUT2D eigenvalue weighted by Crippen LogP contribution is -2.60. The third-order valence-electron chi connectivity index (χ3n) is 4.21. The maximum absolute atomic E-state index is 14.3. The van der Waals surface area contributed by atoms with Crippen LogP contribution in [0, 0.1) is 17.0 Å². The Morgan fingerprint density at radius 2 is 1.86 bits per heavy atom. The van der Waals surface area contributed by atoms with E-state index in [1.807, 2.05) is 11.8 Å². The van der Waals surface area contributed by atoms with Crippen LogP contribution in [0.1, 0.15) is 34.1 Å². The van der Waals surface area contributed by atoms with Crippen molar-refractivity contribution in [3.8, 4) is 0 Å². The minimum Gasteiger partial charge on any atom is -0.361 e. The van der Waals surface area contributed by atoms with Crippen molar-refractivity contribution in [1.29, 1.82) is 0 Å². The third kappa shape index (κ3) is 3.57. The van der Waals surface area contributed by atoms with E-state index in [9.17, 15) is 8.78 Å². The van der Waals surface area contributed by atoms with Crippen LogP contribution in [0.2, 0.25) is 0 Å². The van der Waals surface area contributed by atoms with Crippen molar-refractivity contribution in [3.05, 3.63) is 28.2 Å². The van der Waals surface area contributed by atoms with Gasteiger partial charge in [-0.25, -0.2) is 8.78 Å². The molecule has 1 aromatic rings. The molecular formula is C16H23BrF2N2. The summed E-state index contributed by atoms with van der Waals surface area (Å²) in [7, 11) is 0. The van der Waals surface area contributed by atoms with Gasteiger partial charge in [0.25, 0.3) is 0 Å². The van der Waals surface area contributed by atoms with Gasteiger partial charge in [-0.2, -0.15) is 0 Å². The zero-order valence-electron chi connectivity index (χ0n) is 13.0. The first-order valence-electron chi connectivity index (χ1n) is 7.38. The molecule has 1 aliphatic rings. The highest BCUT2D eigenvalue weighted by Gasteiger charge is 2.35. The highest BCUT2D eigenvalue weighted by Crippen LogP contribution is 2.33. The van der Waals surface area contributed by atoms with Crippen molar-refractivity contribution in [2.24, 2.45) is 5.41 Å². The quantitative estimate of drug-likeness (QED) is 0.844. The lowest BCUT2D eigenvalue weighted by Gasteiger charge is -2.46. The van der Waals surface area contributed by atoms with E-state index in [0.29, 0.717) is 11.0 Å².